The number of hydrogen-bond donors (Lipinski definition) is 0. The van der Waals surface area contributed by atoms with Crippen molar-refractivity contribution in [2.24, 2.45) is 0 Å². The van der Waals surface area contributed by atoms with Gasteiger partial charge < -0.3 is 0 Å². The van der Waals surface area contributed by atoms with Gasteiger partial charge in [-0.05, 0) is 11.1 Å². The monoisotopic (exact) mass is 234 g/mol. The summed E-state index contributed by atoms with van der Waals surface area (Å²) in [6.07, 6.45) is 5.35. The van der Waals surface area contributed by atoms with E-state index in [4.69, 9.17) is 11.6 Å². The Morgan fingerprint density at radius 3 is 2.19 bits per heavy atom. The third kappa shape index (κ3) is 4.50. The minimum atomic E-state index is -0.147. The lowest BCUT2D eigenvalue weighted by Crippen LogP contribution is -1.92. The zero-order valence-corrected chi connectivity index (χ0v) is 10.7. The molecule has 0 radical (unpaired) electrons. The van der Waals surface area contributed by atoms with E-state index in [1.165, 1.54) is 0 Å². The van der Waals surface area contributed by atoms with E-state index in [1.54, 1.807) is 12.2 Å². The first-order chi connectivity index (χ1) is 7.79. The van der Waals surface area contributed by atoms with Crippen LogP contribution < -0.4 is 0 Å². The van der Waals surface area contributed by atoms with Gasteiger partial charge in [0, 0.05) is 0 Å². The van der Waals surface area contributed by atoms with Gasteiger partial charge in [-0.15, -0.1) is 11.6 Å². The standard InChI is InChI=1S/C13H13Cl.C2H6/c1-3-8-11(4-2)13(14)12-9-6-5-7-10-12;1-2/h3-10,13H,1-2H2;1-2H3/b11-8+;. The summed E-state index contributed by atoms with van der Waals surface area (Å²) in [7, 11) is 0. The van der Waals surface area contributed by atoms with Crippen molar-refractivity contribution in [2.75, 3.05) is 0 Å². The van der Waals surface area contributed by atoms with Gasteiger partial charge in [0.25, 0.3) is 0 Å². The molecule has 0 aliphatic rings. The van der Waals surface area contributed by atoms with Gasteiger partial charge in [-0.25, -0.2) is 0 Å². The average molecular weight is 235 g/mol. The first-order valence-corrected chi connectivity index (χ1v) is 5.87. The minimum absolute atomic E-state index is 0.147. The van der Waals surface area contributed by atoms with Crippen molar-refractivity contribution >= 4 is 11.6 Å². The third-order valence-corrected chi connectivity index (χ3v) is 2.43. The molecular weight excluding hydrogens is 216 g/mol. The topological polar surface area (TPSA) is 0 Å². The summed E-state index contributed by atoms with van der Waals surface area (Å²) in [6, 6.07) is 9.91. The molecule has 0 aromatic heterocycles. The summed E-state index contributed by atoms with van der Waals surface area (Å²) < 4.78 is 0. The first kappa shape index (κ1) is 14.7. The van der Waals surface area contributed by atoms with E-state index in [-0.39, 0.29) is 5.38 Å². The Balaban J connectivity index is 0.00000106. The van der Waals surface area contributed by atoms with Gasteiger partial charge >= 0.3 is 0 Å². The van der Waals surface area contributed by atoms with E-state index < -0.39 is 0 Å². The fourth-order valence-corrected chi connectivity index (χ4v) is 1.51. The summed E-state index contributed by atoms with van der Waals surface area (Å²) >= 11 is 6.26. The highest BCUT2D eigenvalue weighted by molar-refractivity contribution is 6.22. The van der Waals surface area contributed by atoms with Crippen molar-refractivity contribution in [1.82, 2.24) is 0 Å². The molecule has 16 heavy (non-hydrogen) atoms. The molecule has 1 unspecified atom stereocenters. The summed E-state index contributed by atoms with van der Waals surface area (Å²) in [5, 5.41) is -0.147. The Kier molecular flexibility index (Phi) is 8.28. The molecule has 1 rings (SSSR count). The molecule has 0 saturated heterocycles. The summed E-state index contributed by atoms with van der Waals surface area (Å²) in [5.41, 5.74) is 2.04. The number of allylic oxidation sites excluding steroid dienone is 4. The van der Waals surface area contributed by atoms with Crippen molar-refractivity contribution in [2.45, 2.75) is 19.2 Å². The summed E-state index contributed by atoms with van der Waals surface area (Å²) in [4.78, 5) is 0. The van der Waals surface area contributed by atoms with Crippen LogP contribution in [0.1, 0.15) is 24.8 Å². The lowest BCUT2D eigenvalue weighted by Gasteiger charge is -2.10. The molecule has 86 valence electrons. The van der Waals surface area contributed by atoms with Crippen molar-refractivity contribution in [3.8, 4) is 0 Å². The lowest BCUT2D eigenvalue weighted by molar-refractivity contribution is 1.15. The molecule has 0 bridgehead atoms. The number of alkyl halides is 1. The second-order valence-electron chi connectivity index (χ2n) is 2.88. The molecule has 1 aromatic rings. The highest BCUT2D eigenvalue weighted by Gasteiger charge is 2.09. The number of halogens is 1. The van der Waals surface area contributed by atoms with Crippen LogP contribution in [0, 0.1) is 0 Å². The molecule has 1 atom stereocenters. The predicted molar refractivity (Wildman–Crippen MR) is 74.9 cm³/mol. The smallest absolute Gasteiger partial charge is 0.0835 e. The van der Waals surface area contributed by atoms with Gasteiger partial charge in [-0.1, -0.05) is 75.6 Å². The van der Waals surface area contributed by atoms with Crippen LogP contribution in [0.2, 0.25) is 0 Å². The van der Waals surface area contributed by atoms with Crippen molar-refractivity contribution in [1.29, 1.82) is 0 Å². The Morgan fingerprint density at radius 2 is 1.75 bits per heavy atom. The van der Waals surface area contributed by atoms with Gasteiger partial charge in [-0.3, -0.25) is 0 Å². The molecular formula is C15H19Cl. The number of benzene rings is 1. The normalized spacial score (nSPS) is 12.1. The number of rotatable bonds is 4. The first-order valence-electron chi connectivity index (χ1n) is 5.43. The highest BCUT2D eigenvalue weighted by atomic mass is 35.5. The fraction of sp³-hybridized carbons (Fsp3) is 0.200. The quantitative estimate of drug-likeness (QED) is 0.491. The van der Waals surface area contributed by atoms with E-state index in [9.17, 15) is 0 Å². The molecule has 0 N–H and O–H groups in total. The Hall–Kier alpha value is -1.27. The summed E-state index contributed by atoms with van der Waals surface area (Å²) in [5.74, 6) is 0. The molecule has 0 amide bonds. The maximum Gasteiger partial charge on any atom is 0.0835 e. The number of hydrogen-bond acceptors (Lipinski definition) is 0. The van der Waals surface area contributed by atoms with Crippen LogP contribution in [0.15, 0.2) is 67.3 Å². The Labute approximate surface area is 104 Å². The van der Waals surface area contributed by atoms with Gasteiger partial charge in [0.1, 0.15) is 0 Å². The second-order valence-corrected chi connectivity index (χ2v) is 3.32. The highest BCUT2D eigenvalue weighted by Crippen LogP contribution is 2.28. The van der Waals surface area contributed by atoms with E-state index in [0.717, 1.165) is 11.1 Å². The van der Waals surface area contributed by atoms with Crippen molar-refractivity contribution < 1.29 is 0 Å². The minimum Gasteiger partial charge on any atom is -0.113 e. The zero-order chi connectivity index (χ0) is 12.4. The lowest BCUT2D eigenvalue weighted by atomic mass is 10.0. The van der Waals surface area contributed by atoms with Gasteiger partial charge in [0.15, 0.2) is 0 Å². The van der Waals surface area contributed by atoms with Gasteiger partial charge in [0.05, 0.1) is 5.38 Å². The molecule has 0 spiro atoms. The van der Waals surface area contributed by atoms with Crippen LogP contribution in [0.3, 0.4) is 0 Å². The van der Waals surface area contributed by atoms with Gasteiger partial charge in [0.2, 0.25) is 0 Å². The predicted octanol–water partition coefficient (Wildman–Crippen LogP) is 5.29. The van der Waals surface area contributed by atoms with Crippen LogP contribution in [-0.2, 0) is 0 Å². The van der Waals surface area contributed by atoms with Crippen molar-refractivity contribution in [3.63, 3.8) is 0 Å². The molecule has 1 aromatic carbocycles. The van der Waals surface area contributed by atoms with Crippen LogP contribution in [-0.4, -0.2) is 0 Å². The molecule has 0 saturated carbocycles. The maximum absolute atomic E-state index is 6.26. The maximum atomic E-state index is 6.26. The van der Waals surface area contributed by atoms with E-state index >= 15 is 0 Å². The molecule has 0 nitrogen and oxygen atoms in total. The van der Waals surface area contributed by atoms with E-state index in [0.29, 0.717) is 0 Å². The Bertz CT molecular complexity index is 336. The zero-order valence-electron chi connectivity index (χ0n) is 9.99. The van der Waals surface area contributed by atoms with E-state index in [2.05, 4.69) is 13.2 Å². The molecule has 0 aliphatic carbocycles. The molecule has 0 fully saturated rings. The summed E-state index contributed by atoms with van der Waals surface area (Å²) in [6.45, 7) is 11.4. The SMILES string of the molecule is C=C/C=C(\C=C)C(Cl)c1ccccc1.CC. The van der Waals surface area contributed by atoms with Crippen LogP contribution in [0.4, 0.5) is 0 Å². The van der Waals surface area contributed by atoms with E-state index in [1.807, 2.05) is 50.3 Å². The fourth-order valence-electron chi connectivity index (χ4n) is 1.21. The van der Waals surface area contributed by atoms with Crippen molar-refractivity contribution in [3.05, 3.63) is 72.9 Å². The van der Waals surface area contributed by atoms with Gasteiger partial charge in [-0.2, -0.15) is 0 Å². The molecule has 1 heteroatoms. The van der Waals surface area contributed by atoms with Crippen LogP contribution in [0.25, 0.3) is 0 Å². The van der Waals surface area contributed by atoms with Crippen LogP contribution >= 0.6 is 11.6 Å². The average Bonchev–Trinajstić information content (AvgIpc) is 2.38. The van der Waals surface area contributed by atoms with Crippen LogP contribution in [0.5, 0.6) is 0 Å². The second kappa shape index (κ2) is 8.99. The largest absolute Gasteiger partial charge is 0.113 e. The molecule has 0 heterocycles. The third-order valence-electron chi connectivity index (χ3n) is 1.93. The molecule has 0 aliphatic heterocycles. The Morgan fingerprint density at radius 1 is 1.19 bits per heavy atom.